The molecular weight excluding hydrogens is 412 g/mol. The molecule has 0 amide bonds. The molecule has 3 rings (SSSR count). The first-order valence-electron chi connectivity index (χ1n) is 9.91. The van der Waals surface area contributed by atoms with Gasteiger partial charge in [-0.1, -0.05) is 0 Å². The van der Waals surface area contributed by atoms with E-state index in [1.165, 1.54) is 25.3 Å². The van der Waals surface area contributed by atoms with Gasteiger partial charge in [0, 0.05) is 30.1 Å². The van der Waals surface area contributed by atoms with Crippen molar-refractivity contribution in [3.63, 3.8) is 0 Å². The predicted molar refractivity (Wildman–Crippen MR) is 107 cm³/mol. The van der Waals surface area contributed by atoms with Gasteiger partial charge in [0.25, 0.3) is 0 Å². The molecule has 0 N–H and O–H groups in total. The number of Topliss-reactive ketones (excluding diaryl/α,β-unsaturated/α-hetero) is 1. The molecule has 2 aromatic rings. The van der Waals surface area contributed by atoms with E-state index in [1.54, 1.807) is 6.07 Å². The minimum Gasteiger partial charge on any atom is -0.493 e. The van der Waals surface area contributed by atoms with Gasteiger partial charge >= 0.3 is 12.6 Å². The molecule has 9 heteroatoms. The number of benzene rings is 1. The van der Waals surface area contributed by atoms with E-state index in [0.717, 1.165) is 30.8 Å². The number of aryl methyl sites for hydroxylation is 1. The number of ether oxygens (including phenoxy) is 4. The van der Waals surface area contributed by atoms with E-state index < -0.39 is 19.2 Å². The highest BCUT2D eigenvalue weighted by molar-refractivity contribution is 6.00. The van der Waals surface area contributed by atoms with Gasteiger partial charge in [0.1, 0.15) is 0 Å². The van der Waals surface area contributed by atoms with Crippen LogP contribution in [0.3, 0.4) is 0 Å². The maximum Gasteiger partial charge on any atom is 0.387 e. The second-order valence-electron chi connectivity index (χ2n) is 7.27. The van der Waals surface area contributed by atoms with Crippen LogP contribution in [-0.2, 0) is 16.0 Å². The molecule has 0 saturated carbocycles. The Morgan fingerprint density at radius 2 is 2.00 bits per heavy atom. The second-order valence-corrected chi connectivity index (χ2v) is 7.27. The lowest BCUT2D eigenvalue weighted by atomic mass is 10.1. The third kappa shape index (κ3) is 5.41. The number of halogens is 2. The molecule has 0 bridgehead atoms. The van der Waals surface area contributed by atoms with Crippen molar-refractivity contribution >= 4 is 11.8 Å². The van der Waals surface area contributed by atoms with Gasteiger partial charge in [0.15, 0.2) is 18.1 Å². The van der Waals surface area contributed by atoms with Gasteiger partial charge in [0.05, 0.1) is 18.8 Å². The third-order valence-electron chi connectivity index (χ3n) is 5.23. The highest BCUT2D eigenvalue weighted by atomic mass is 19.3. The van der Waals surface area contributed by atoms with Crippen molar-refractivity contribution in [3.05, 3.63) is 46.8 Å². The van der Waals surface area contributed by atoms with Gasteiger partial charge in [-0.3, -0.25) is 4.79 Å². The SMILES string of the molecule is COc1cc(C(=O)OCC(=O)c2cc(C)n(C[C@H]3CCCO3)c2C)ccc1OC(F)F. The zero-order valence-corrected chi connectivity index (χ0v) is 17.7. The molecule has 1 fully saturated rings. The summed E-state index contributed by atoms with van der Waals surface area (Å²) in [6, 6.07) is 5.45. The standard InChI is InChI=1S/C22H25F2NO6/c1-13-9-17(14(2)25(13)11-16-5-4-8-29-16)18(26)12-30-21(27)15-6-7-19(31-22(23)24)20(10-15)28-3/h6-7,9-10,16,22H,4-5,8,11-12H2,1-3H3/t16-/m1/s1. The number of nitrogens with zero attached hydrogens (tertiary/aromatic N) is 1. The molecule has 0 unspecified atom stereocenters. The van der Waals surface area contributed by atoms with Gasteiger partial charge in [-0.25, -0.2) is 4.79 Å². The molecule has 1 aliphatic rings. The number of methoxy groups -OCH3 is 1. The number of esters is 1. The van der Waals surface area contributed by atoms with Crippen LogP contribution in [0.5, 0.6) is 11.5 Å². The summed E-state index contributed by atoms with van der Waals surface area (Å²) in [5, 5.41) is 0. The summed E-state index contributed by atoms with van der Waals surface area (Å²) < 4.78 is 47.0. The second kappa shape index (κ2) is 9.91. The van der Waals surface area contributed by atoms with Crippen molar-refractivity contribution in [2.45, 2.75) is 45.9 Å². The Labute approximate surface area is 178 Å². The molecule has 1 aromatic heterocycles. The lowest BCUT2D eigenvalue weighted by Crippen LogP contribution is -2.18. The van der Waals surface area contributed by atoms with Crippen LogP contribution in [0.2, 0.25) is 0 Å². The molecule has 1 atom stereocenters. The fourth-order valence-electron chi connectivity index (χ4n) is 3.64. The topological polar surface area (TPSA) is 76.0 Å². The van der Waals surface area contributed by atoms with Crippen LogP contribution in [0.25, 0.3) is 0 Å². The number of carbonyl (C=O) groups is 2. The van der Waals surface area contributed by atoms with Crippen LogP contribution in [0.1, 0.15) is 44.9 Å². The van der Waals surface area contributed by atoms with Crippen molar-refractivity contribution in [1.82, 2.24) is 4.57 Å². The first-order chi connectivity index (χ1) is 14.8. The van der Waals surface area contributed by atoms with Gasteiger partial charge in [0.2, 0.25) is 5.78 Å². The van der Waals surface area contributed by atoms with Crippen molar-refractivity contribution < 1.29 is 37.3 Å². The van der Waals surface area contributed by atoms with E-state index in [9.17, 15) is 18.4 Å². The molecular formula is C22H25F2NO6. The van der Waals surface area contributed by atoms with Crippen LogP contribution < -0.4 is 9.47 Å². The average Bonchev–Trinajstić information content (AvgIpc) is 3.35. The van der Waals surface area contributed by atoms with Crippen molar-refractivity contribution in [2.75, 3.05) is 20.3 Å². The maximum absolute atomic E-state index is 12.7. The average molecular weight is 437 g/mol. The number of hydrogen-bond donors (Lipinski definition) is 0. The summed E-state index contributed by atoms with van der Waals surface area (Å²) in [7, 11) is 1.26. The summed E-state index contributed by atoms with van der Waals surface area (Å²) in [6.07, 6.45) is 2.16. The van der Waals surface area contributed by atoms with Crippen molar-refractivity contribution in [3.8, 4) is 11.5 Å². The lowest BCUT2D eigenvalue weighted by molar-refractivity contribution is -0.0512. The van der Waals surface area contributed by atoms with E-state index in [1.807, 2.05) is 18.4 Å². The Morgan fingerprint density at radius 3 is 2.65 bits per heavy atom. The van der Waals surface area contributed by atoms with Gasteiger partial charge < -0.3 is 23.5 Å². The van der Waals surface area contributed by atoms with E-state index in [-0.39, 0.29) is 28.9 Å². The van der Waals surface area contributed by atoms with Crippen molar-refractivity contribution in [1.29, 1.82) is 0 Å². The normalized spacial score (nSPS) is 15.9. The molecule has 1 aromatic carbocycles. The number of carbonyl (C=O) groups excluding carboxylic acids is 2. The number of ketones is 1. The zero-order chi connectivity index (χ0) is 22.5. The summed E-state index contributed by atoms with van der Waals surface area (Å²) in [4.78, 5) is 25.0. The smallest absolute Gasteiger partial charge is 0.387 e. The molecule has 0 spiro atoms. The summed E-state index contributed by atoms with van der Waals surface area (Å²) in [6.45, 7) is 1.73. The Hall–Kier alpha value is -2.94. The molecule has 0 radical (unpaired) electrons. The van der Waals surface area contributed by atoms with Gasteiger partial charge in [-0.2, -0.15) is 8.78 Å². The summed E-state index contributed by atoms with van der Waals surface area (Å²) in [5.74, 6) is -1.35. The van der Waals surface area contributed by atoms with Crippen LogP contribution in [0.15, 0.2) is 24.3 Å². The minimum absolute atomic E-state index is 0.0428. The fourth-order valence-corrected chi connectivity index (χ4v) is 3.64. The number of aromatic nitrogens is 1. The van der Waals surface area contributed by atoms with E-state index in [0.29, 0.717) is 12.1 Å². The van der Waals surface area contributed by atoms with Gasteiger partial charge in [-0.05, 0) is 51.0 Å². The minimum atomic E-state index is -3.02. The van der Waals surface area contributed by atoms with Crippen LogP contribution in [-0.4, -0.2) is 49.4 Å². The molecule has 1 aliphatic heterocycles. The molecule has 31 heavy (non-hydrogen) atoms. The van der Waals surface area contributed by atoms with E-state index in [2.05, 4.69) is 4.74 Å². The summed E-state index contributed by atoms with van der Waals surface area (Å²) >= 11 is 0. The monoisotopic (exact) mass is 437 g/mol. The first-order valence-corrected chi connectivity index (χ1v) is 9.91. The Morgan fingerprint density at radius 1 is 1.23 bits per heavy atom. The predicted octanol–water partition coefficient (Wildman–Crippen LogP) is 3.93. The number of hydrogen-bond acceptors (Lipinski definition) is 6. The Balaban J connectivity index is 1.64. The fraction of sp³-hybridized carbons (Fsp3) is 0.455. The molecule has 2 heterocycles. The molecule has 0 aliphatic carbocycles. The van der Waals surface area contributed by atoms with Gasteiger partial charge in [-0.15, -0.1) is 0 Å². The highest BCUT2D eigenvalue weighted by Crippen LogP contribution is 2.29. The first kappa shape index (κ1) is 22.7. The van der Waals surface area contributed by atoms with Crippen LogP contribution in [0.4, 0.5) is 8.78 Å². The van der Waals surface area contributed by atoms with Crippen molar-refractivity contribution in [2.24, 2.45) is 0 Å². The summed E-state index contributed by atoms with van der Waals surface area (Å²) in [5.41, 5.74) is 2.27. The molecule has 1 saturated heterocycles. The molecule has 168 valence electrons. The largest absolute Gasteiger partial charge is 0.493 e. The van der Waals surface area contributed by atoms with Crippen LogP contribution in [0, 0.1) is 13.8 Å². The molecule has 7 nitrogen and oxygen atoms in total. The van der Waals surface area contributed by atoms with E-state index in [4.69, 9.17) is 14.2 Å². The maximum atomic E-state index is 12.7. The van der Waals surface area contributed by atoms with E-state index >= 15 is 0 Å². The lowest BCUT2D eigenvalue weighted by Gasteiger charge is -2.14. The highest BCUT2D eigenvalue weighted by Gasteiger charge is 2.22. The van der Waals surface area contributed by atoms with Crippen LogP contribution >= 0.6 is 0 Å². The number of rotatable bonds is 9. The number of alkyl halides is 2. The zero-order valence-electron chi connectivity index (χ0n) is 17.7. The quantitative estimate of drug-likeness (QED) is 0.437. The Kier molecular flexibility index (Phi) is 7.27. The Bertz CT molecular complexity index is 950. The third-order valence-corrected chi connectivity index (χ3v) is 5.23.